The van der Waals surface area contributed by atoms with Crippen LogP contribution in [0.15, 0.2) is 6.20 Å². The van der Waals surface area contributed by atoms with Gasteiger partial charge >= 0.3 is 0 Å². The van der Waals surface area contributed by atoms with Crippen molar-refractivity contribution in [3.63, 3.8) is 0 Å². The van der Waals surface area contributed by atoms with Crippen LogP contribution in [0.1, 0.15) is 0 Å². The number of hydrogen-bond donors (Lipinski definition) is 1. The van der Waals surface area contributed by atoms with Crippen molar-refractivity contribution >= 4 is 40.8 Å². The lowest BCUT2D eigenvalue weighted by molar-refractivity contribution is 1.12. The maximum Gasteiger partial charge on any atom is 0.224 e. The molecule has 1 aromatic heterocycles. The molecule has 6 heteroatoms. The molecule has 1 N–H and O–H groups in total. The van der Waals surface area contributed by atoms with Gasteiger partial charge in [0.1, 0.15) is 10.8 Å². The van der Waals surface area contributed by atoms with Crippen LogP contribution in [0.4, 0.5) is 5.82 Å². The van der Waals surface area contributed by atoms with E-state index in [1.807, 2.05) is 6.26 Å². The molecule has 0 aliphatic carbocycles. The quantitative estimate of drug-likeness (QED) is 0.646. The van der Waals surface area contributed by atoms with Crippen molar-refractivity contribution in [2.24, 2.45) is 0 Å². The van der Waals surface area contributed by atoms with Crippen molar-refractivity contribution in [1.29, 1.82) is 0 Å². The molecule has 13 heavy (non-hydrogen) atoms. The number of halogens is 2. The first kappa shape index (κ1) is 10.9. The molecule has 0 aliphatic heterocycles. The van der Waals surface area contributed by atoms with E-state index in [0.717, 1.165) is 12.3 Å². The van der Waals surface area contributed by atoms with E-state index in [4.69, 9.17) is 23.2 Å². The average Bonchev–Trinajstić information content (AvgIpc) is 2.11. The molecule has 0 fully saturated rings. The summed E-state index contributed by atoms with van der Waals surface area (Å²) in [4.78, 5) is 7.69. The molecule has 0 spiro atoms. The Morgan fingerprint density at radius 3 is 3.00 bits per heavy atom. The van der Waals surface area contributed by atoms with Crippen LogP contribution in [0.3, 0.4) is 0 Å². The van der Waals surface area contributed by atoms with Crippen LogP contribution in [-0.4, -0.2) is 28.5 Å². The number of aromatic nitrogens is 2. The Morgan fingerprint density at radius 1 is 1.54 bits per heavy atom. The van der Waals surface area contributed by atoms with Crippen molar-refractivity contribution < 1.29 is 0 Å². The van der Waals surface area contributed by atoms with Crippen LogP contribution in [0.5, 0.6) is 0 Å². The van der Waals surface area contributed by atoms with Crippen molar-refractivity contribution in [2.45, 2.75) is 0 Å². The summed E-state index contributed by atoms with van der Waals surface area (Å²) in [5, 5.41) is 3.76. The van der Waals surface area contributed by atoms with Gasteiger partial charge in [0.15, 0.2) is 0 Å². The third-order valence-electron chi connectivity index (χ3n) is 1.31. The van der Waals surface area contributed by atoms with Gasteiger partial charge < -0.3 is 5.32 Å². The number of rotatable bonds is 4. The standard InChI is InChI=1S/C7H9Cl2N3S/c1-13-3-2-10-6-5(8)4-11-7(9)12-6/h4H,2-3H2,1H3,(H,10,11,12). The second-order valence-electron chi connectivity index (χ2n) is 2.26. The predicted octanol–water partition coefficient (Wildman–Crippen LogP) is 2.56. The third kappa shape index (κ3) is 3.58. The second kappa shape index (κ2) is 5.52. The summed E-state index contributed by atoms with van der Waals surface area (Å²) in [6.45, 7) is 0.814. The normalized spacial score (nSPS) is 10.1. The summed E-state index contributed by atoms with van der Waals surface area (Å²) in [5.74, 6) is 1.59. The van der Waals surface area contributed by atoms with E-state index in [1.54, 1.807) is 11.8 Å². The zero-order valence-electron chi connectivity index (χ0n) is 7.05. The van der Waals surface area contributed by atoms with E-state index in [0.29, 0.717) is 10.8 Å². The average molecular weight is 238 g/mol. The van der Waals surface area contributed by atoms with Crippen molar-refractivity contribution in [3.8, 4) is 0 Å². The summed E-state index contributed by atoms with van der Waals surface area (Å²) in [5.41, 5.74) is 0. The molecule has 0 atom stereocenters. The van der Waals surface area contributed by atoms with Gasteiger partial charge in [-0.2, -0.15) is 16.7 Å². The van der Waals surface area contributed by atoms with Crippen molar-refractivity contribution in [2.75, 3.05) is 23.9 Å². The summed E-state index contributed by atoms with van der Waals surface area (Å²) in [7, 11) is 0. The van der Waals surface area contributed by atoms with Gasteiger partial charge in [0.05, 0.1) is 6.20 Å². The molecule has 0 saturated carbocycles. The first-order chi connectivity index (χ1) is 6.24. The van der Waals surface area contributed by atoms with Crippen molar-refractivity contribution in [3.05, 3.63) is 16.5 Å². The highest BCUT2D eigenvalue weighted by Crippen LogP contribution is 2.18. The van der Waals surface area contributed by atoms with Gasteiger partial charge in [-0.3, -0.25) is 0 Å². The summed E-state index contributed by atoms with van der Waals surface area (Å²) >= 11 is 13.2. The molecule has 0 saturated heterocycles. The van der Waals surface area contributed by atoms with Crippen molar-refractivity contribution in [1.82, 2.24) is 9.97 Å². The van der Waals surface area contributed by atoms with E-state index in [9.17, 15) is 0 Å². The Kier molecular flexibility index (Phi) is 4.62. The molecular weight excluding hydrogens is 229 g/mol. The molecule has 0 bridgehead atoms. The van der Waals surface area contributed by atoms with Crippen LogP contribution in [0, 0.1) is 0 Å². The monoisotopic (exact) mass is 237 g/mol. The van der Waals surface area contributed by atoms with Crippen LogP contribution in [0.2, 0.25) is 10.3 Å². The third-order valence-corrected chi connectivity index (χ3v) is 2.38. The van der Waals surface area contributed by atoms with Gasteiger partial charge in [0, 0.05) is 12.3 Å². The van der Waals surface area contributed by atoms with Crippen LogP contribution < -0.4 is 5.32 Å². The summed E-state index contributed by atoms with van der Waals surface area (Å²) in [6, 6.07) is 0. The Bertz CT molecular complexity index is 282. The number of nitrogens with zero attached hydrogens (tertiary/aromatic N) is 2. The fraction of sp³-hybridized carbons (Fsp3) is 0.429. The molecule has 0 amide bonds. The Balaban J connectivity index is 2.59. The fourth-order valence-corrected chi connectivity index (χ4v) is 1.34. The first-order valence-electron chi connectivity index (χ1n) is 3.65. The topological polar surface area (TPSA) is 37.8 Å². The Morgan fingerprint density at radius 2 is 2.31 bits per heavy atom. The van der Waals surface area contributed by atoms with Crippen LogP contribution in [0.25, 0.3) is 0 Å². The Labute approximate surface area is 91.2 Å². The van der Waals surface area contributed by atoms with E-state index in [-0.39, 0.29) is 5.28 Å². The fourth-order valence-electron chi connectivity index (χ4n) is 0.741. The molecule has 1 aromatic rings. The number of nitrogens with one attached hydrogen (secondary N) is 1. The van der Waals surface area contributed by atoms with Gasteiger partial charge in [-0.15, -0.1) is 0 Å². The first-order valence-corrected chi connectivity index (χ1v) is 5.80. The minimum absolute atomic E-state index is 0.205. The summed E-state index contributed by atoms with van der Waals surface area (Å²) in [6.07, 6.45) is 3.52. The minimum Gasteiger partial charge on any atom is -0.368 e. The second-order valence-corrected chi connectivity index (χ2v) is 3.99. The zero-order valence-corrected chi connectivity index (χ0v) is 9.38. The van der Waals surface area contributed by atoms with Gasteiger partial charge in [0.2, 0.25) is 5.28 Å². The van der Waals surface area contributed by atoms with Gasteiger partial charge in [-0.1, -0.05) is 11.6 Å². The SMILES string of the molecule is CSCCNc1nc(Cl)ncc1Cl. The maximum absolute atomic E-state index is 5.82. The molecule has 0 unspecified atom stereocenters. The van der Waals surface area contributed by atoms with E-state index < -0.39 is 0 Å². The largest absolute Gasteiger partial charge is 0.368 e. The number of hydrogen-bond acceptors (Lipinski definition) is 4. The molecule has 0 radical (unpaired) electrons. The van der Waals surface area contributed by atoms with Crippen LogP contribution >= 0.6 is 35.0 Å². The molecule has 1 heterocycles. The molecule has 0 aromatic carbocycles. The van der Waals surface area contributed by atoms with E-state index in [2.05, 4.69) is 15.3 Å². The maximum atomic E-state index is 5.82. The van der Waals surface area contributed by atoms with Crippen LogP contribution in [-0.2, 0) is 0 Å². The smallest absolute Gasteiger partial charge is 0.224 e. The highest BCUT2D eigenvalue weighted by atomic mass is 35.5. The Hall–Kier alpha value is -0.190. The van der Waals surface area contributed by atoms with E-state index >= 15 is 0 Å². The van der Waals surface area contributed by atoms with Gasteiger partial charge in [-0.05, 0) is 17.9 Å². The van der Waals surface area contributed by atoms with Gasteiger partial charge in [-0.25, -0.2) is 4.98 Å². The molecular formula is C7H9Cl2N3S. The minimum atomic E-state index is 0.205. The highest BCUT2D eigenvalue weighted by Gasteiger charge is 2.02. The molecule has 1 rings (SSSR count). The predicted molar refractivity (Wildman–Crippen MR) is 58.9 cm³/mol. The van der Waals surface area contributed by atoms with E-state index in [1.165, 1.54) is 6.20 Å². The number of anilines is 1. The molecule has 3 nitrogen and oxygen atoms in total. The molecule has 0 aliphatic rings. The lowest BCUT2D eigenvalue weighted by atomic mass is 10.5. The molecule has 72 valence electrons. The van der Waals surface area contributed by atoms with Gasteiger partial charge in [0.25, 0.3) is 0 Å². The number of thioether (sulfide) groups is 1. The zero-order chi connectivity index (χ0) is 9.68. The lowest BCUT2D eigenvalue weighted by Gasteiger charge is -2.05. The summed E-state index contributed by atoms with van der Waals surface area (Å²) < 4.78 is 0. The highest BCUT2D eigenvalue weighted by molar-refractivity contribution is 7.98. The lowest BCUT2D eigenvalue weighted by Crippen LogP contribution is -2.06.